The van der Waals surface area contributed by atoms with E-state index in [0.29, 0.717) is 74.5 Å². The second-order valence-corrected chi connectivity index (χ2v) is 27.4. The molecule has 29 heteroatoms. The fraction of sp³-hybridized carbons (Fsp3) is 0.618. The Morgan fingerprint density at radius 2 is 1.38 bits per heavy atom. The van der Waals surface area contributed by atoms with Crippen LogP contribution in [0, 0.1) is 30.1 Å². The van der Waals surface area contributed by atoms with E-state index in [1.54, 1.807) is 50.8 Å². The van der Waals surface area contributed by atoms with Gasteiger partial charge in [-0.25, -0.2) is 8.78 Å². The van der Waals surface area contributed by atoms with Crippen LogP contribution in [0.15, 0.2) is 54.7 Å². The van der Waals surface area contributed by atoms with Crippen molar-refractivity contribution in [2.45, 2.75) is 126 Å². The summed E-state index contributed by atoms with van der Waals surface area (Å²) >= 11 is 1.32. The molecule has 4 aliphatic heterocycles. The zero-order chi connectivity index (χ0) is 70.0. The van der Waals surface area contributed by atoms with Crippen molar-refractivity contribution in [3.05, 3.63) is 71.4 Å². The molecule has 4 fully saturated rings. The molecule has 4 atom stereocenters. The van der Waals surface area contributed by atoms with Crippen LogP contribution in [0.5, 0.6) is 5.75 Å². The first-order chi connectivity index (χ1) is 46.4. The fourth-order valence-corrected chi connectivity index (χ4v) is 14.1. The Morgan fingerprint density at radius 1 is 0.753 bits per heavy atom. The van der Waals surface area contributed by atoms with Gasteiger partial charge in [0, 0.05) is 121 Å². The van der Waals surface area contributed by atoms with E-state index in [1.807, 2.05) is 11.8 Å². The molecule has 2 aromatic carbocycles. The number of hydrogen-bond acceptors (Lipinski definition) is 18. The highest BCUT2D eigenvalue weighted by Crippen LogP contribution is 2.34. The van der Waals surface area contributed by atoms with Gasteiger partial charge in [0.05, 0.1) is 74.2 Å². The number of amides is 7. The summed E-state index contributed by atoms with van der Waals surface area (Å²) in [5, 5.41) is 46.1. The summed E-state index contributed by atoms with van der Waals surface area (Å²) in [5.74, 6) is -8.88. The number of likely N-dealkylation sites (tertiary alicyclic amines) is 3. The molecule has 3 aromatic rings. The Labute approximate surface area is 569 Å². The molecule has 6 N–H and O–H groups in total. The normalized spacial score (nSPS) is 19.4. The van der Waals surface area contributed by atoms with E-state index in [0.717, 1.165) is 56.3 Å². The molecule has 26 nitrogen and oxygen atoms in total. The molecule has 0 radical (unpaired) electrons. The van der Waals surface area contributed by atoms with E-state index in [2.05, 4.69) is 45.2 Å². The predicted molar refractivity (Wildman–Crippen MR) is 356 cm³/mol. The van der Waals surface area contributed by atoms with Gasteiger partial charge in [-0.3, -0.25) is 77.4 Å². The highest BCUT2D eigenvalue weighted by molar-refractivity contribution is 8.01. The molecule has 97 heavy (non-hydrogen) atoms. The molecule has 0 saturated carbocycles. The SMILES string of the molecule is Cc1ccc(CCCC(=O)NCCCCCC(CNC(=O)CN2CCN(CC(=O)O)CCN(CC(=O)O)CCN(CC(=O)O)CC2)SC2CC(=O)N(C[C@@H](C)C(=O)N3CCC(CCCCOc4ccc5nccc(C(=O)NCC(=O)N6CC(F)(F)C[C@@H]6C#N)c5c4)CC3)C2=O)cc1. The van der Waals surface area contributed by atoms with Crippen molar-refractivity contribution in [2.75, 3.05) is 131 Å². The molecule has 2 unspecified atom stereocenters. The van der Waals surface area contributed by atoms with Crippen LogP contribution < -0.4 is 20.7 Å². The van der Waals surface area contributed by atoms with Crippen LogP contribution in [0.1, 0.15) is 112 Å². The van der Waals surface area contributed by atoms with Crippen LogP contribution in [0.2, 0.25) is 0 Å². The number of piperidine rings is 1. The van der Waals surface area contributed by atoms with Gasteiger partial charge in [-0.15, -0.1) is 11.8 Å². The summed E-state index contributed by atoms with van der Waals surface area (Å²) in [6.45, 7) is 5.13. The zero-order valence-corrected chi connectivity index (χ0v) is 56.5. The Hall–Kier alpha value is -7.91. The van der Waals surface area contributed by atoms with Gasteiger partial charge in [0.2, 0.25) is 35.4 Å². The number of pyridine rings is 1. The first-order valence-electron chi connectivity index (χ1n) is 33.7. The Balaban J connectivity index is 0.868. The highest BCUT2D eigenvalue weighted by Gasteiger charge is 2.47. The fourth-order valence-electron chi connectivity index (χ4n) is 12.7. The standard InChI is InChI=1S/C68H94F2N12O14S/c1-47-13-15-49(16-14-47)10-8-12-58(83)73-22-6-3-4-11-53(39-74-59(84)42-76-26-28-77(43-62(87)88)30-32-79(45-64(91)92)33-31-78(29-27-76)44-63(89)90)97-57-36-60(85)81(67(57)95)41-48(2)66(94)80-24-20-50(21-25-80)9-5-7-34-96-52-17-18-56-55(35-52)54(19-23-72-56)65(93)75-40-61(86)82-46-68(69,70)37-51(82)38-71/h13-19,23,35,48,50-51,53,57H,3-12,20-22,24-34,36-37,39-46H2,1-2H3,(H,73,83)(H,74,84)(H,75,93)(H,87,88)(H,89,90)(H,91,92)/t48-,51-,53?,57?/m1/s1. The number of alkyl halides is 2. The second kappa shape index (κ2) is 38.3. The maximum absolute atomic E-state index is 14.2. The quantitative estimate of drug-likeness (QED) is 0.0364. The Bertz CT molecular complexity index is 3210. The van der Waals surface area contributed by atoms with Gasteiger partial charge in [0.1, 0.15) is 11.8 Å². The molecular weight excluding hydrogens is 1280 g/mol. The van der Waals surface area contributed by atoms with Crippen LogP contribution in [-0.4, -0.2) is 267 Å². The molecular formula is C68H94F2N12O14S. The minimum atomic E-state index is -3.18. The lowest BCUT2D eigenvalue weighted by Crippen LogP contribution is -2.50. The number of nitrogens with zero attached hydrogens (tertiary/aromatic N) is 9. The number of fused-ring (bicyclic) bond motifs is 1. The van der Waals surface area contributed by atoms with Gasteiger partial charge in [-0.2, -0.15) is 5.26 Å². The average Bonchev–Trinajstić information content (AvgIpc) is 1.78. The number of unbranched alkanes of at least 4 members (excludes halogenated alkanes) is 3. The maximum atomic E-state index is 14.2. The van der Waals surface area contributed by atoms with Crippen molar-refractivity contribution in [2.24, 2.45) is 11.8 Å². The molecule has 4 aliphatic rings. The van der Waals surface area contributed by atoms with E-state index in [9.17, 15) is 77.3 Å². The summed E-state index contributed by atoms with van der Waals surface area (Å²) in [6, 6.07) is 15.3. The lowest BCUT2D eigenvalue weighted by Gasteiger charge is -2.34. The van der Waals surface area contributed by atoms with Crippen LogP contribution in [0.25, 0.3) is 10.9 Å². The number of aromatic nitrogens is 1. The summed E-state index contributed by atoms with van der Waals surface area (Å²) in [5.41, 5.74) is 3.06. The number of aliphatic carboxylic acids is 3. The molecule has 0 bridgehead atoms. The highest BCUT2D eigenvalue weighted by atomic mass is 32.2. The van der Waals surface area contributed by atoms with Crippen molar-refractivity contribution in [1.29, 1.82) is 5.26 Å². The van der Waals surface area contributed by atoms with Crippen LogP contribution in [-0.2, 0) is 49.6 Å². The van der Waals surface area contributed by atoms with Gasteiger partial charge in [-0.1, -0.05) is 56.0 Å². The Kier molecular flexibility index (Phi) is 30.2. The minimum Gasteiger partial charge on any atom is -0.494 e. The largest absolute Gasteiger partial charge is 0.494 e. The second-order valence-electron chi connectivity index (χ2n) is 25.9. The number of imide groups is 1. The van der Waals surface area contributed by atoms with Gasteiger partial charge in [0.15, 0.2) is 0 Å². The number of carbonyl (C=O) groups is 10. The van der Waals surface area contributed by atoms with Crippen LogP contribution in [0.4, 0.5) is 8.78 Å². The van der Waals surface area contributed by atoms with Crippen molar-refractivity contribution < 1.29 is 76.8 Å². The minimum absolute atomic E-state index is 0.0224. The van der Waals surface area contributed by atoms with E-state index in [-0.39, 0.29) is 132 Å². The van der Waals surface area contributed by atoms with Crippen molar-refractivity contribution in [3.63, 3.8) is 0 Å². The molecule has 5 heterocycles. The monoisotopic (exact) mass is 1370 g/mol. The van der Waals surface area contributed by atoms with E-state index >= 15 is 0 Å². The molecule has 7 amide bonds. The molecule has 530 valence electrons. The number of nitrogens with one attached hydrogen (secondary N) is 3. The lowest BCUT2D eigenvalue weighted by atomic mass is 9.91. The first-order valence-corrected chi connectivity index (χ1v) is 34.7. The number of aryl methyl sites for hydroxylation is 2. The van der Waals surface area contributed by atoms with Gasteiger partial charge >= 0.3 is 17.9 Å². The first kappa shape index (κ1) is 76.5. The van der Waals surface area contributed by atoms with E-state index in [1.165, 1.54) is 40.1 Å². The van der Waals surface area contributed by atoms with Crippen LogP contribution >= 0.6 is 11.8 Å². The number of thioether (sulfide) groups is 1. The molecule has 0 spiro atoms. The number of ether oxygens (including phenoxy) is 1. The Morgan fingerprint density at radius 3 is 2.00 bits per heavy atom. The van der Waals surface area contributed by atoms with Crippen LogP contribution in [0.3, 0.4) is 0 Å². The summed E-state index contributed by atoms with van der Waals surface area (Å²) in [7, 11) is 0. The smallest absolute Gasteiger partial charge is 0.317 e. The van der Waals surface area contributed by atoms with Gasteiger partial charge in [-0.05, 0) is 94.0 Å². The molecule has 1 aromatic heterocycles. The predicted octanol–water partition coefficient (Wildman–Crippen LogP) is 3.98. The summed E-state index contributed by atoms with van der Waals surface area (Å²) < 4.78 is 33.9. The van der Waals surface area contributed by atoms with Gasteiger partial charge < -0.3 is 45.8 Å². The third-order valence-electron chi connectivity index (χ3n) is 18.2. The molecule has 7 rings (SSSR count). The molecule has 4 saturated heterocycles. The number of rotatable bonds is 34. The van der Waals surface area contributed by atoms with E-state index in [4.69, 9.17) is 4.74 Å². The topological polar surface area (TPSA) is 336 Å². The van der Waals surface area contributed by atoms with Crippen molar-refractivity contribution in [1.82, 2.24) is 55.2 Å². The number of carboxylic acid groups (broad SMARTS) is 3. The number of carbonyl (C=O) groups excluding carboxylic acids is 7. The van der Waals surface area contributed by atoms with Gasteiger partial charge in [0.25, 0.3) is 11.8 Å². The average molecular weight is 1370 g/mol. The lowest BCUT2D eigenvalue weighted by molar-refractivity contribution is -0.143. The zero-order valence-electron chi connectivity index (χ0n) is 55.6. The van der Waals surface area contributed by atoms with Crippen molar-refractivity contribution in [3.8, 4) is 11.8 Å². The van der Waals surface area contributed by atoms with E-state index < -0.39 is 78.3 Å². The number of benzene rings is 2. The third kappa shape index (κ3) is 25.5. The summed E-state index contributed by atoms with van der Waals surface area (Å²) in [4.78, 5) is 145. The number of halogens is 2. The third-order valence-corrected chi connectivity index (χ3v) is 19.6. The molecule has 0 aliphatic carbocycles. The number of nitriles is 1. The number of hydrogen-bond donors (Lipinski definition) is 6. The summed E-state index contributed by atoms with van der Waals surface area (Å²) in [6.07, 6.45) is 9.30. The maximum Gasteiger partial charge on any atom is 0.317 e. The van der Waals surface area contributed by atoms with Crippen molar-refractivity contribution >= 4 is 81.9 Å². The number of carboxylic acids is 3.